The van der Waals surface area contributed by atoms with Crippen molar-refractivity contribution in [2.24, 2.45) is 23.7 Å². The molecule has 1 aliphatic carbocycles. The lowest BCUT2D eigenvalue weighted by Gasteiger charge is -2.44. The maximum Gasteiger partial charge on any atom is 0.455 e. The van der Waals surface area contributed by atoms with Gasteiger partial charge < -0.3 is 14.8 Å². The van der Waals surface area contributed by atoms with Gasteiger partial charge in [0.15, 0.2) is 11.6 Å². The molecule has 3 aliphatic heterocycles. The fourth-order valence-corrected chi connectivity index (χ4v) is 8.74. The first kappa shape index (κ1) is 34.3. The van der Waals surface area contributed by atoms with Crippen molar-refractivity contribution in [3.63, 3.8) is 0 Å². The minimum Gasteiger partial charge on any atom is -0.505 e. The Balaban J connectivity index is 1.12. The summed E-state index contributed by atoms with van der Waals surface area (Å²) in [6.07, 6.45) is 6.44. The molecule has 3 fully saturated rings. The van der Waals surface area contributed by atoms with Crippen molar-refractivity contribution in [2.45, 2.75) is 71.0 Å². The van der Waals surface area contributed by atoms with Crippen LogP contribution < -0.4 is 0 Å². The molecule has 4 atom stereocenters. The standard InChI is InChI=1S/C40H45BFN3O5/c1-25(2)30-22-31-38(40(48)45(39(31)47)29-15-18-44(19-16-29)24-26-8-4-3-5-9-26)32-23-41(49)50-36(37(30)32)14-12-28(34-10-6-7-17-43-34)20-27-11-13-35(46)33(42)21-27/h3-11,13,17,20-21,25,29,31-32,36,38,46,49H,12,14-16,18-19,22-24H2,1-2H3/b28-20-/t31-,32+,36-,38-/m1/s1. The Morgan fingerprint density at radius 3 is 2.50 bits per heavy atom. The summed E-state index contributed by atoms with van der Waals surface area (Å²) in [5.41, 5.74) is 5.65. The molecular weight excluding hydrogens is 632 g/mol. The van der Waals surface area contributed by atoms with E-state index in [0.717, 1.165) is 54.9 Å². The van der Waals surface area contributed by atoms with Crippen molar-refractivity contribution in [2.75, 3.05) is 13.1 Å². The molecule has 8 nitrogen and oxygen atoms in total. The molecule has 0 bridgehead atoms. The number of amides is 2. The van der Waals surface area contributed by atoms with Crippen molar-refractivity contribution in [1.29, 1.82) is 0 Å². The average molecular weight is 678 g/mol. The van der Waals surface area contributed by atoms with E-state index in [1.165, 1.54) is 17.7 Å². The number of imide groups is 1. The van der Waals surface area contributed by atoms with E-state index in [0.29, 0.717) is 24.8 Å². The number of piperidine rings is 1. The summed E-state index contributed by atoms with van der Waals surface area (Å²) >= 11 is 0. The Hall–Kier alpha value is -4.12. The van der Waals surface area contributed by atoms with E-state index in [2.05, 4.69) is 35.9 Å². The van der Waals surface area contributed by atoms with Crippen LogP contribution in [0.2, 0.25) is 6.32 Å². The quantitative estimate of drug-likeness (QED) is 0.154. The summed E-state index contributed by atoms with van der Waals surface area (Å²) < 4.78 is 20.5. The number of nitrogens with zero attached hydrogens (tertiary/aromatic N) is 3. The third-order valence-electron chi connectivity index (χ3n) is 11.1. The Morgan fingerprint density at radius 2 is 1.80 bits per heavy atom. The molecule has 2 N–H and O–H groups in total. The van der Waals surface area contributed by atoms with Crippen molar-refractivity contribution in [1.82, 2.24) is 14.8 Å². The second-order valence-electron chi connectivity index (χ2n) is 14.6. The fraction of sp³-hybridized carbons (Fsp3) is 0.425. The van der Waals surface area contributed by atoms with Crippen LogP contribution in [0.3, 0.4) is 0 Å². The number of benzene rings is 2. The van der Waals surface area contributed by atoms with E-state index in [4.69, 9.17) is 4.65 Å². The third-order valence-corrected chi connectivity index (χ3v) is 11.1. The highest BCUT2D eigenvalue weighted by molar-refractivity contribution is 6.43. The highest BCUT2D eigenvalue weighted by Gasteiger charge is 2.58. The monoisotopic (exact) mass is 677 g/mol. The van der Waals surface area contributed by atoms with Crippen LogP contribution >= 0.6 is 0 Å². The number of pyridine rings is 1. The first-order valence-electron chi connectivity index (χ1n) is 18.0. The number of aromatic hydroxyl groups is 1. The number of phenols is 1. The molecule has 0 saturated carbocycles. The minimum absolute atomic E-state index is 0.0576. The lowest BCUT2D eigenvalue weighted by molar-refractivity contribution is -0.144. The van der Waals surface area contributed by atoms with E-state index in [-0.39, 0.29) is 36.0 Å². The number of halogens is 1. The minimum atomic E-state index is -1.06. The summed E-state index contributed by atoms with van der Waals surface area (Å²) in [7, 11) is -1.06. The van der Waals surface area contributed by atoms with Gasteiger partial charge in [0, 0.05) is 31.9 Å². The topological polar surface area (TPSA) is 103 Å². The zero-order valence-electron chi connectivity index (χ0n) is 28.7. The van der Waals surface area contributed by atoms with Gasteiger partial charge in [-0.1, -0.05) is 61.9 Å². The molecule has 1 aromatic heterocycles. The first-order valence-corrected chi connectivity index (χ1v) is 18.0. The molecule has 0 unspecified atom stereocenters. The Labute approximate surface area is 293 Å². The van der Waals surface area contributed by atoms with E-state index < -0.39 is 36.6 Å². The molecule has 10 heteroatoms. The van der Waals surface area contributed by atoms with Crippen LogP contribution in [0.4, 0.5) is 4.39 Å². The first-order chi connectivity index (χ1) is 24.2. The smallest absolute Gasteiger partial charge is 0.455 e. The summed E-state index contributed by atoms with van der Waals surface area (Å²) in [5.74, 6) is -2.34. The molecule has 7 rings (SSSR count). The molecule has 4 heterocycles. The van der Waals surface area contributed by atoms with Gasteiger partial charge in [0.25, 0.3) is 0 Å². The number of allylic oxidation sites excluding steroid dienone is 2. The van der Waals surface area contributed by atoms with Gasteiger partial charge in [-0.05, 0) is 103 Å². The predicted octanol–water partition coefficient (Wildman–Crippen LogP) is 6.36. The van der Waals surface area contributed by atoms with Crippen molar-refractivity contribution in [3.05, 3.63) is 107 Å². The Morgan fingerprint density at radius 1 is 1.04 bits per heavy atom. The number of hydrogen-bond donors (Lipinski definition) is 2. The number of aromatic nitrogens is 1. The normalized spacial score (nSPS) is 25.0. The number of likely N-dealkylation sites (tertiary alicyclic amines) is 2. The predicted molar refractivity (Wildman–Crippen MR) is 191 cm³/mol. The highest BCUT2D eigenvalue weighted by Crippen LogP contribution is 2.52. The van der Waals surface area contributed by atoms with Gasteiger partial charge in [0.2, 0.25) is 11.8 Å². The summed E-state index contributed by atoms with van der Waals surface area (Å²) in [6.45, 7) is 6.77. The molecule has 260 valence electrons. The van der Waals surface area contributed by atoms with Crippen molar-refractivity contribution in [3.8, 4) is 5.75 Å². The Kier molecular flexibility index (Phi) is 10.0. The number of carbonyl (C=O) groups is 2. The maximum atomic E-state index is 14.4. The number of hydrogen-bond acceptors (Lipinski definition) is 7. The molecule has 3 aromatic rings. The number of phenolic OH excluding ortho intramolecular Hbond substituents is 1. The maximum absolute atomic E-state index is 14.4. The third kappa shape index (κ3) is 6.93. The van der Waals surface area contributed by atoms with Crippen LogP contribution in [0.5, 0.6) is 5.75 Å². The van der Waals surface area contributed by atoms with Crippen LogP contribution in [0.15, 0.2) is 84.1 Å². The molecule has 2 amide bonds. The van der Waals surface area contributed by atoms with Gasteiger partial charge in [-0.3, -0.25) is 24.4 Å². The summed E-state index contributed by atoms with van der Waals surface area (Å²) in [5, 5.41) is 20.8. The number of rotatable bonds is 9. The van der Waals surface area contributed by atoms with E-state index >= 15 is 0 Å². The zero-order valence-corrected chi connectivity index (χ0v) is 28.7. The van der Waals surface area contributed by atoms with Gasteiger partial charge in [0.1, 0.15) is 0 Å². The molecule has 4 aliphatic rings. The van der Waals surface area contributed by atoms with Gasteiger partial charge in [-0.2, -0.15) is 0 Å². The molecule has 3 saturated heterocycles. The van der Waals surface area contributed by atoms with Gasteiger partial charge in [-0.15, -0.1) is 0 Å². The SMILES string of the molecule is CC(C)C1=C2[C@@H](CC/C(=C/c3ccc(O)c(F)c3)c3ccccn3)OB(O)C[C@@H]2[C@@H]2C(=O)N(C3CCN(Cc4ccccc4)CC3)C(=O)[C@@H]2C1. The molecule has 2 aromatic carbocycles. The number of fused-ring (bicyclic) bond motifs is 3. The summed E-state index contributed by atoms with van der Waals surface area (Å²) in [4.78, 5) is 37.0. The molecule has 50 heavy (non-hydrogen) atoms. The molecule has 0 spiro atoms. The van der Waals surface area contributed by atoms with Crippen LogP contribution in [0.25, 0.3) is 11.6 Å². The highest BCUT2D eigenvalue weighted by atomic mass is 19.1. The lowest BCUT2D eigenvalue weighted by atomic mass is 9.57. The van der Waals surface area contributed by atoms with Crippen LogP contribution in [0, 0.1) is 29.5 Å². The van der Waals surface area contributed by atoms with Crippen molar-refractivity contribution >= 4 is 30.6 Å². The van der Waals surface area contributed by atoms with Crippen LogP contribution in [-0.4, -0.2) is 69.1 Å². The molecule has 0 radical (unpaired) electrons. The average Bonchev–Trinajstić information content (AvgIpc) is 3.37. The number of carbonyl (C=O) groups excluding carboxylic acids is 2. The Bertz CT molecular complexity index is 1780. The van der Waals surface area contributed by atoms with Crippen LogP contribution in [-0.2, 0) is 20.8 Å². The second kappa shape index (κ2) is 14.6. The summed E-state index contributed by atoms with van der Waals surface area (Å²) in [6, 6.07) is 20.2. The lowest BCUT2D eigenvalue weighted by Crippen LogP contribution is -2.48. The van der Waals surface area contributed by atoms with E-state index in [1.54, 1.807) is 17.2 Å². The van der Waals surface area contributed by atoms with E-state index in [1.807, 2.05) is 42.5 Å². The van der Waals surface area contributed by atoms with E-state index in [9.17, 15) is 24.1 Å². The molecular formula is C40H45BFN3O5. The zero-order chi connectivity index (χ0) is 34.9. The fourth-order valence-electron chi connectivity index (χ4n) is 8.74. The van der Waals surface area contributed by atoms with Gasteiger partial charge in [0.05, 0.1) is 23.6 Å². The van der Waals surface area contributed by atoms with Crippen LogP contribution in [0.1, 0.15) is 62.8 Å². The second-order valence-corrected chi connectivity index (χ2v) is 14.6. The van der Waals surface area contributed by atoms with Crippen molar-refractivity contribution < 1.29 is 28.8 Å². The largest absolute Gasteiger partial charge is 0.505 e. The van der Waals surface area contributed by atoms with Gasteiger partial charge in [-0.25, -0.2) is 4.39 Å². The van der Waals surface area contributed by atoms with Gasteiger partial charge >= 0.3 is 7.12 Å².